The summed E-state index contributed by atoms with van der Waals surface area (Å²) in [4.78, 5) is 32.0. The van der Waals surface area contributed by atoms with Gasteiger partial charge in [-0.25, -0.2) is 0 Å². The van der Waals surface area contributed by atoms with Crippen molar-refractivity contribution in [1.29, 1.82) is 0 Å². The number of allylic oxidation sites excluding steroid dienone is 1. The van der Waals surface area contributed by atoms with Crippen molar-refractivity contribution in [3.8, 4) is 5.75 Å². The van der Waals surface area contributed by atoms with E-state index in [0.717, 1.165) is 39.0 Å². The number of benzene rings is 2. The zero-order valence-electron chi connectivity index (χ0n) is 19.2. The van der Waals surface area contributed by atoms with Crippen LogP contribution in [-0.2, 0) is 16.1 Å². The maximum absolute atomic E-state index is 13.6. The van der Waals surface area contributed by atoms with Crippen LogP contribution in [0.3, 0.4) is 0 Å². The fraction of sp³-hybridized carbons (Fsp3) is 0.308. The molecule has 0 saturated heterocycles. The summed E-state index contributed by atoms with van der Waals surface area (Å²) in [6, 6.07) is 14.7. The molecule has 0 aliphatic carbocycles. The molecule has 0 spiro atoms. The second kappa shape index (κ2) is 8.19. The first kappa shape index (κ1) is 21.7. The first-order valence-corrected chi connectivity index (χ1v) is 10.7. The Bertz CT molecular complexity index is 1200. The van der Waals surface area contributed by atoms with Crippen molar-refractivity contribution in [2.45, 2.75) is 45.8 Å². The van der Waals surface area contributed by atoms with Gasteiger partial charge in [0.2, 0.25) is 11.8 Å². The average molecular weight is 432 g/mol. The van der Waals surface area contributed by atoms with Crippen molar-refractivity contribution in [2.75, 3.05) is 7.11 Å². The molecule has 1 atom stereocenters. The lowest BCUT2D eigenvalue weighted by Gasteiger charge is -2.32. The Kier molecular flexibility index (Phi) is 5.55. The van der Waals surface area contributed by atoms with Crippen LogP contribution in [0, 0.1) is 0 Å². The molecule has 6 nitrogen and oxygen atoms in total. The highest BCUT2D eigenvalue weighted by Crippen LogP contribution is 2.38. The van der Waals surface area contributed by atoms with Crippen LogP contribution in [0.2, 0.25) is 0 Å². The number of H-pyrrole nitrogens is 1. The highest BCUT2D eigenvalue weighted by molar-refractivity contribution is 6.06. The first-order chi connectivity index (χ1) is 15.2. The lowest BCUT2D eigenvalue weighted by atomic mass is 9.99. The van der Waals surface area contributed by atoms with E-state index in [4.69, 9.17) is 4.74 Å². The van der Waals surface area contributed by atoms with Crippen molar-refractivity contribution in [3.05, 3.63) is 71.4 Å². The zero-order valence-corrected chi connectivity index (χ0v) is 19.2. The van der Waals surface area contributed by atoms with Crippen molar-refractivity contribution >= 4 is 28.3 Å². The molecule has 32 heavy (non-hydrogen) atoms. The number of nitrogens with zero attached hydrogens (tertiary/aromatic N) is 1. The van der Waals surface area contributed by atoms with Gasteiger partial charge in [-0.15, -0.1) is 0 Å². The summed E-state index contributed by atoms with van der Waals surface area (Å²) >= 11 is 0. The number of methoxy groups -OCH3 is 1. The van der Waals surface area contributed by atoms with Gasteiger partial charge in [-0.3, -0.25) is 9.59 Å². The fourth-order valence-electron chi connectivity index (χ4n) is 4.22. The molecule has 2 aromatic carbocycles. The second-order valence-corrected chi connectivity index (χ2v) is 9.24. The highest BCUT2D eigenvalue weighted by Gasteiger charge is 2.38. The number of rotatable bonds is 4. The standard InChI is InChI=1S/C26H29N3O3/c1-16-14-21(30)29(15-17-10-12-18(32-5)13-11-17)24(25(31)28-26(2,3)4)23-22(16)19-8-6-7-9-20(19)27-23/h6-14,24,27H,15H2,1-5H3,(H,28,31). The molecule has 4 rings (SSSR count). The summed E-state index contributed by atoms with van der Waals surface area (Å²) < 4.78 is 5.25. The van der Waals surface area contributed by atoms with Crippen LogP contribution in [0.4, 0.5) is 0 Å². The summed E-state index contributed by atoms with van der Waals surface area (Å²) in [7, 11) is 1.62. The maximum atomic E-state index is 13.6. The number of hydrogen-bond donors (Lipinski definition) is 2. The molecular weight excluding hydrogens is 402 g/mol. The summed E-state index contributed by atoms with van der Waals surface area (Å²) in [5.41, 5.74) is 3.91. The molecule has 0 saturated carbocycles. The van der Waals surface area contributed by atoms with E-state index in [1.54, 1.807) is 18.1 Å². The van der Waals surface area contributed by atoms with Gasteiger partial charge in [0, 0.05) is 34.6 Å². The fourth-order valence-corrected chi connectivity index (χ4v) is 4.22. The molecule has 1 aliphatic rings. The van der Waals surface area contributed by atoms with E-state index >= 15 is 0 Å². The van der Waals surface area contributed by atoms with Gasteiger partial charge in [-0.1, -0.05) is 30.3 Å². The quantitative estimate of drug-likeness (QED) is 0.635. The van der Waals surface area contributed by atoms with Crippen molar-refractivity contribution in [2.24, 2.45) is 0 Å². The Labute approximate surface area is 188 Å². The Balaban J connectivity index is 1.86. The van der Waals surface area contributed by atoms with Crippen molar-refractivity contribution in [3.63, 3.8) is 0 Å². The number of para-hydroxylation sites is 1. The van der Waals surface area contributed by atoms with E-state index in [1.165, 1.54) is 0 Å². The molecule has 0 bridgehead atoms. The Morgan fingerprint density at radius 3 is 2.47 bits per heavy atom. The number of ether oxygens (including phenoxy) is 1. The molecule has 2 amide bonds. The third-order valence-electron chi connectivity index (χ3n) is 5.60. The number of fused-ring (bicyclic) bond motifs is 3. The van der Waals surface area contributed by atoms with Crippen molar-refractivity contribution < 1.29 is 14.3 Å². The molecule has 1 aromatic heterocycles. The topological polar surface area (TPSA) is 74.4 Å². The summed E-state index contributed by atoms with van der Waals surface area (Å²) in [5.74, 6) is 0.336. The minimum Gasteiger partial charge on any atom is -0.497 e. The summed E-state index contributed by atoms with van der Waals surface area (Å²) in [5, 5.41) is 4.08. The molecule has 2 heterocycles. The van der Waals surface area contributed by atoms with Gasteiger partial charge in [0.15, 0.2) is 6.04 Å². The molecule has 0 fully saturated rings. The normalized spacial score (nSPS) is 16.4. The Hall–Kier alpha value is -3.54. The maximum Gasteiger partial charge on any atom is 0.249 e. The minimum absolute atomic E-state index is 0.193. The van der Waals surface area contributed by atoms with E-state index in [1.807, 2.05) is 76.2 Å². The number of nitrogens with one attached hydrogen (secondary N) is 2. The smallest absolute Gasteiger partial charge is 0.249 e. The Morgan fingerprint density at radius 2 is 1.81 bits per heavy atom. The molecule has 1 aliphatic heterocycles. The van der Waals surface area contributed by atoms with Gasteiger partial charge in [0.25, 0.3) is 0 Å². The van der Waals surface area contributed by atoms with Gasteiger partial charge >= 0.3 is 0 Å². The van der Waals surface area contributed by atoms with Crippen LogP contribution in [-0.4, -0.2) is 34.3 Å². The van der Waals surface area contributed by atoms with E-state index in [9.17, 15) is 9.59 Å². The van der Waals surface area contributed by atoms with Crippen LogP contribution >= 0.6 is 0 Å². The molecule has 3 aromatic rings. The van der Waals surface area contributed by atoms with Gasteiger partial charge < -0.3 is 19.9 Å². The van der Waals surface area contributed by atoms with E-state index in [0.29, 0.717) is 6.54 Å². The second-order valence-electron chi connectivity index (χ2n) is 9.24. The van der Waals surface area contributed by atoms with Gasteiger partial charge in [0.05, 0.1) is 12.8 Å². The van der Waals surface area contributed by atoms with Gasteiger partial charge in [-0.05, 0) is 57.0 Å². The number of amides is 2. The SMILES string of the molecule is COc1ccc(CN2C(=O)C=C(C)c3c([nH]c4ccccc34)C2C(=O)NC(C)(C)C)cc1. The minimum atomic E-state index is -0.792. The van der Waals surface area contributed by atoms with Crippen LogP contribution in [0.1, 0.15) is 50.6 Å². The largest absolute Gasteiger partial charge is 0.497 e. The number of carbonyl (C=O) groups excluding carboxylic acids is 2. The number of carbonyl (C=O) groups is 2. The van der Waals surface area contributed by atoms with Gasteiger partial charge in [-0.2, -0.15) is 0 Å². The molecule has 1 unspecified atom stereocenters. The zero-order chi connectivity index (χ0) is 23.0. The van der Waals surface area contributed by atoms with Crippen LogP contribution in [0.15, 0.2) is 54.6 Å². The molecule has 0 radical (unpaired) electrons. The van der Waals surface area contributed by atoms with E-state index in [2.05, 4.69) is 10.3 Å². The third-order valence-corrected chi connectivity index (χ3v) is 5.60. The predicted molar refractivity (Wildman–Crippen MR) is 126 cm³/mol. The molecule has 6 heteroatoms. The van der Waals surface area contributed by atoms with Crippen LogP contribution in [0.5, 0.6) is 5.75 Å². The average Bonchev–Trinajstić information content (AvgIpc) is 3.07. The van der Waals surface area contributed by atoms with Crippen molar-refractivity contribution in [1.82, 2.24) is 15.2 Å². The summed E-state index contributed by atoms with van der Waals surface area (Å²) in [6.45, 7) is 8.03. The molecular formula is C26H29N3O3. The van der Waals surface area contributed by atoms with Crippen LogP contribution < -0.4 is 10.1 Å². The summed E-state index contributed by atoms with van der Waals surface area (Å²) in [6.07, 6.45) is 1.63. The van der Waals surface area contributed by atoms with E-state index in [-0.39, 0.29) is 11.8 Å². The van der Waals surface area contributed by atoms with E-state index < -0.39 is 11.6 Å². The number of hydrogen-bond acceptors (Lipinski definition) is 3. The van der Waals surface area contributed by atoms with Gasteiger partial charge in [0.1, 0.15) is 5.75 Å². The Morgan fingerprint density at radius 1 is 1.12 bits per heavy atom. The third kappa shape index (κ3) is 4.13. The number of aromatic amines is 1. The highest BCUT2D eigenvalue weighted by atomic mass is 16.5. The monoisotopic (exact) mass is 431 g/mol. The lowest BCUT2D eigenvalue weighted by molar-refractivity contribution is -0.139. The number of aromatic nitrogens is 1. The molecule has 2 N–H and O–H groups in total. The lowest BCUT2D eigenvalue weighted by Crippen LogP contribution is -2.48. The van der Waals surface area contributed by atoms with Crippen LogP contribution in [0.25, 0.3) is 16.5 Å². The first-order valence-electron chi connectivity index (χ1n) is 10.7. The molecule has 166 valence electrons. The predicted octanol–water partition coefficient (Wildman–Crippen LogP) is 4.58.